The summed E-state index contributed by atoms with van der Waals surface area (Å²) in [5.74, 6) is -5.30. The van der Waals surface area contributed by atoms with E-state index in [0.29, 0.717) is 29.7 Å². The molecule has 2 amide bonds. The molecule has 1 saturated heterocycles. The maximum atomic E-state index is 13.2. The van der Waals surface area contributed by atoms with Crippen LogP contribution in [0.5, 0.6) is 5.75 Å². The number of carbonyl (C=O) groups excluding carboxylic acids is 2. The number of benzene rings is 1. The number of ether oxygens (including phenoxy) is 1. The zero-order chi connectivity index (χ0) is 38.3. The lowest BCUT2D eigenvalue weighted by atomic mass is 9.84. The number of pyridine rings is 1. The number of β-lactam (4-membered cyclic amide) rings is 1. The van der Waals surface area contributed by atoms with Crippen molar-refractivity contribution in [2.45, 2.75) is 37.7 Å². The van der Waals surface area contributed by atoms with E-state index in [1.54, 1.807) is 30.5 Å². The van der Waals surface area contributed by atoms with Crippen LogP contribution >= 0.6 is 11.3 Å². The number of rotatable bonds is 14. The number of carboxylic acid groups (broad SMARTS) is 2. The molecule has 1 fully saturated rings. The number of oxime groups is 1. The van der Waals surface area contributed by atoms with Crippen LogP contribution in [0.25, 0.3) is 10.8 Å². The maximum Gasteiger partial charge on any atom is 0.490 e. The molecule has 2 aromatic heterocycles. The number of nitrogens with one attached hydrogen (secondary N) is 2. The van der Waals surface area contributed by atoms with Gasteiger partial charge in [-0.25, -0.2) is 19.6 Å². The van der Waals surface area contributed by atoms with Gasteiger partial charge in [0.25, 0.3) is 17.9 Å². The van der Waals surface area contributed by atoms with Crippen molar-refractivity contribution in [3.05, 3.63) is 41.5 Å². The predicted octanol–water partition coefficient (Wildman–Crippen LogP) is 0.370. The smallest absolute Gasteiger partial charge is 0.489 e. The molecule has 20 nitrogen and oxygen atoms in total. The monoisotopic (exact) mass is 766 g/mol. The standard InChI is InChI=1S/C24H28N8O10S2.C2HF3O2/c1-24(2)18(21(34)32(24)42-44(37,38)39)30-20(33)17(15-11-43-23(26)29-15)31-41-16(22(35)36)10-40-13-3-4-14-12(9-13)5-7-27-19(14)28-8-6-25;3-2(4,5)1(6)7/h3-5,7,9,11,16,18H,6,8,10,25H2,1-2H3,(H2,26,29)(H,27,28)(H,30,33)(H,35,36)(H,37,38,39);(H,6,7)/b31-17-;/t16?,18-;/m1./s1. The molecule has 1 aliphatic rings. The SMILES string of the molecule is CC1(C)[C@H](NC(=O)/C(=N\OC(COc2ccc3c(NCCN)nccc3c2)C(=O)O)c2csc(N)n2)C(=O)N1OS(=O)(=O)O.O=C(O)C(F)(F)F. The number of aliphatic carboxylic acids is 2. The zero-order valence-corrected chi connectivity index (χ0v) is 27.8. The molecule has 51 heavy (non-hydrogen) atoms. The Morgan fingerprint density at radius 3 is 2.41 bits per heavy atom. The summed E-state index contributed by atoms with van der Waals surface area (Å²) in [4.78, 5) is 59.9. The minimum Gasteiger partial charge on any atom is -0.489 e. The summed E-state index contributed by atoms with van der Waals surface area (Å²) >= 11 is 0.954. The number of hydrogen-bond acceptors (Lipinski definition) is 16. The van der Waals surface area contributed by atoms with Crippen molar-refractivity contribution in [3.63, 3.8) is 0 Å². The number of hydroxylamine groups is 2. The Balaban J connectivity index is 0.000000908. The number of carboxylic acids is 2. The van der Waals surface area contributed by atoms with E-state index < -0.39 is 70.3 Å². The lowest BCUT2D eigenvalue weighted by molar-refractivity contribution is -0.218. The lowest BCUT2D eigenvalue weighted by Crippen LogP contribution is -2.76. The van der Waals surface area contributed by atoms with Crippen LogP contribution in [-0.4, -0.2) is 111 Å². The van der Waals surface area contributed by atoms with E-state index in [2.05, 4.69) is 30.0 Å². The first-order valence-corrected chi connectivity index (χ1v) is 16.2. The number of amides is 2. The first kappa shape index (κ1) is 40.1. The largest absolute Gasteiger partial charge is 0.490 e. The summed E-state index contributed by atoms with van der Waals surface area (Å²) in [6, 6.07) is 5.45. The minimum absolute atomic E-state index is 0.0549. The molecule has 278 valence electrons. The van der Waals surface area contributed by atoms with Gasteiger partial charge in [0.1, 0.15) is 29.9 Å². The van der Waals surface area contributed by atoms with Crippen LogP contribution < -0.4 is 26.8 Å². The third-order valence-electron chi connectivity index (χ3n) is 6.46. The highest BCUT2D eigenvalue weighted by Gasteiger charge is 2.58. The third-order valence-corrected chi connectivity index (χ3v) is 7.48. The average Bonchev–Trinajstić information content (AvgIpc) is 3.47. The van der Waals surface area contributed by atoms with Gasteiger partial charge in [0.05, 0.1) is 5.54 Å². The number of alkyl halides is 3. The summed E-state index contributed by atoms with van der Waals surface area (Å²) in [5.41, 5.74) is 9.18. The zero-order valence-electron chi connectivity index (χ0n) is 26.1. The maximum absolute atomic E-state index is 13.2. The molecule has 1 aliphatic heterocycles. The molecule has 0 radical (unpaired) electrons. The number of nitrogens with zero attached hydrogens (tertiary/aromatic N) is 4. The average molecular weight is 767 g/mol. The Morgan fingerprint density at radius 2 is 1.88 bits per heavy atom. The summed E-state index contributed by atoms with van der Waals surface area (Å²) in [5, 5.41) is 29.4. The number of halogens is 3. The van der Waals surface area contributed by atoms with Crippen LogP contribution in [0.2, 0.25) is 0 Å². The van der Waals surface area contributed by atoms with Crippen molar-refractivity contribution in [1.29, 1.82) is 0 Å². The second-order valence-corrected chi connectivity index (χ2v) is 12.4. The highest BCUT2D eigenvalue weighted by Crippen LogP contribution is 2.33. The summed E-state index contributed by atoms with van der Waals surface area (Å²) in [7, 11) is -5.02. The molecule has 0 spiro atoms. The Hall–Kier alpha value is -5.37. The van der Waals surface area contributed by atoms with Crippen molar-refractivity contribution >= 4 is 72.9 Å². The topological polar surface area (TPSA) is 308 Å². The van der Waals surface area contributed by atoms with Crippen molar-refractivity contribution in [2.24, 2.45) is 10.9 Å². The van der Waals surface area contributed by atoms with Gasteiger partial charge in [-0.15, -0.1) is 15.6 Å². The summed E-state index contributed by atoms with van der Waals surface area (Å²) in [6.45, 7) is 3.14. The number of nitrogens with two attached hydrogens (primary N) is 2. The summed E-state index contributed by atoms with van der Waals surface area (Å²) in [6.07, 6.45) is -5.18. The fourth-order valence-corrected chi connectivity index (χ4v) is 5.03. The Labute approximate surface area is 289 Å². The van der Waals surface area contributed by atoms with Gasteiger partial charge in [-0.2, -0.15) is 26.7 Å². The first-order chi connectivity index (χ1) is 23.6. The van der Waals surface area contributed by atoms with Gasteiger partial charge >= 0.3 is 28.5 Å². The van der Waals surface area contributed by atoms with E-state index >= 15 is 0 Å². The number of anilines is 2. The van der Waals surface area contributed by atoms with Gasteiger partial charge in [0, 0.05) is 30.1 Å². The van der Waals surface area contributed by atoms with Crippen molar-refractivity contribution in [2.75, 3.05) is 30.7 Å². The Kier molecular flexibility index (Phi) is 12.7. The molecule has 0 aliphatic carbocycles. The van der Waals surface area contributed by atoms with Crippen LogP contribution in [0.1, 0.15) is 19.5 Å². The molecule has 25 heteroatoms. The molecular formula is C26H29F3N8O12S2. The molecule has 0 saturated carbocycles. The van der Waals surface area contributed by atoms with Gasteiger partial charge < -0.3 is 41.9 Å². The highest BCUT2D eigenvalue weighted by atomic mass is 32.3. The second-order valence-electron chi connectivity index (χ2n) is 10.5. The van der Waals surface area contributed by atoms with E-state index in [9.17, 15) is 41.1 Å². The molecule has 1 aromatic carbocycles. The summed E-state index contributed by atoms with van der Waals surface area (Å²) < 4.78 is 72.7. The molecule has 3 heterocycles. The van der Waals surface area contributed by atoms with E-state index in [0.717, 1.165) is 22.1 Å². The van der Waals surface area contributed by atoms with Gasteiger partial charge in [0.2, 0.25) is 0 Å². The number of aromatic nitrogens is 2. The normalized spacial score (nSPS) is 16.3. The highest BCUT2D eigenvalue weighted by molar-refractivity contribution is 7.80. The van der Waals surface area contributed by atoms with Crippen LogP contribution in [0.3, 0.4) is 0 Å². The van der Waals surface area contributed by atoms with E-state index in [1.165, 1.54) is 19.2 Å². The van der Waals surface area contributed by atoms with E-state index in [1.807, 2.05) is 0 Å². The Morgan fingerprint density at radius 1 is 1.22 bits per heavy atom. The molecular weight excluding hydrogens is 737 g/mol. The van der Waals surface area contributed by atoms with E-state index in [4.69, 9.17) is 35.5 Å². The van der Waals surface area contributed by atoms with Crippen molar-refractivity contribution in [3.8, 4) is 5.75 Å². The first-order valence-electron chi connectivity index (χ1n) is 13.9. The quantitative estimate of drug-likeness (QED) is 0.0504. The fraction of sp³-hybridized carbons (Fsp3) is 0.346. The number of hydrogen-bond donors (Lipinski definition) is 7. The van der Waals surface area contributed by atoms with Gasteiger partial charge in [0.15, 0.2) is 10.8 Å². The molecule has 2 atom stereocenters. The van der Waals surface area contributed by atoms with Crippen LogP contribution in [0.15, 0.2) is 41.0 Å². The number of fused-ring (bicyclic) bond motifs is 1. The number of carbonyl (C=O) groups is 4. The molecule has 4 rings (SSSR count). The molecule has 0 bridgehead atoms. The predicted molar refractivity (Wildman–Crippen MR) is 170 cm³/mol. The van der Waals surface area contributed by atoms with E-state index in [-0.39, 0.29) is 10.8 Å². The van der Waals surface area contributed by atoms with Gasteiger partial charge in [-0.05, 0) is 43.5 Å². The van der Waals surface area contributed by atoms with Crippen molar-refractivity contribution < 1.29 is 69.4 Å². The van der Waals surface area contributed by atoms with Gasteiger partial charge in [-0.3, -0.25) is 14.1 Å². The fourth-order valence-electron chi connectivity index (χ4n) is 4.03. The number of nitrogen functional groups attached to an aromatic ring is 1. The Bertz CT molecular complexity index is 1920. The number of thiazole rings is 1. The molecule has 3 aromatic rings. The third kappa shape index (κ3) is 10.6. The van der Waals surface area contributed by atoms with Crippen molar-refractivity contribution in [1.82, 2.24) is 20.3 Å². The lowest BCUT2D eigenvalue weighted by Gasteiger charge is -2.50. The van der Waals surface area contributed by atoms with Crippen LogP contribution in [0.4, 0.5) is 24.1 Å². The molecule has 1 unspecified atom stereocenters. The van der Waals surface area contributed by atoms with Crippen LogP contribution in [-0.2, 0) is 38.7 Å². The van der Waals surface area contributed by atoms with Crippen LogP contribution in [0, 0.1) is 0 Å². The molecule has 9 N–H and O–H groups in total. The van der Waals surface area contributed by atoms with Gasteiger partial charge in [-0.1, -0.05) is 5.16 Å². The minimum atomic E-state index is -5.08. The second kappa shape index (κ2) is 16.1.